The van der Waals surface area contributed by atoms with Gasteiger partial charge in [0, 0.05) is 107 Å². The minimum absolute atomic E-state index is 0.750. The van der Waals surface area contributed by atoms with E-state index < -0.39 is 0 Å². The summed E-state index contributed by atoms with van der Waals surface area (Å²) in [6, 6.07) is 0. The molecule has 0 aromatic carbocycles. The molecule has 0 saturated carbocycles. The predicted molar refractivity (Wildman–Crippen MR) is 397 cm³/mol. The lowest BCUT2D eigenvalue weighted by molar-refractivity contribution is -0.00257. The fourth-order valence-electron chi connectivity index (χ4n) is 8.42. The Morgan fingerprint density at radius 2 is 0.433 bits per heavy atom. The van der Waals surface area contributed by atoms with E-state index in [-0.39, 0.29) is 0 Å². The van der Waals surface area contributed by atoms with E-state index in [2.05, 4.69) is 95.1 Å². The molecule has 15 rings (SSSR count). The summed E-state index contributed by atoms with van der Waals surface area (Å²) in [5.41, 5.74) is 0. The fraction of sp³-hybridized carbons (Fsp3) is 1.00. The molecule has 0 aromatic rings. The van der Waals surface area contributed by atoms with Crippen molar-refractivity contribution in [2.24, 2.45) is 0 Å². The van der Waals surface area contributed by atoms with Crippen molar-refractivity contribution in [3.05, 3.63) is 0 Å². The van der Waals surface area contributed by atoms with E-state index in [4.69, 9.17) is 18.9 Å². The van der Waals surface area contributed by atoms with Crippen LogP contribution in [0.15, 0.2) is 0 Å². The van der Waals surface area contributed by atoms with E-state index in [0.29, 0.717) is 0 Å². The highest BCUT2D eigenvalue weighted by molar-refractivity contribution is 8.00. The van der Waals surface area contributed by atoms with Gasteiger partial charge in [0.05, 0.1) is 26.8 Å². The van der Waals surface area contributed by atoms with Crippen LogP contribution in [0.2, 0.25) is 0 Å². The third-order valence-electron chi connectivity index (χ3n) is 14.2. The molecular weight excluding hydrogens is 1240 g/mol. The first-order chi connectivity index (χ1) is 45.0. The van der Waals surface area contributed by atoms with Crippen molar-refractivity contribution in [3.63, 3.8) is 0 Å². The van der Waals surface area contributed by atoms with Gasteiger partial charge < -0.3 is 76.9 Å². The highest BCUT2D eigenvalue weighted by atomic mass is 32.2. The molecule has 0 radical (unpaired) electrons. The molecule has 0 unspecified atom stereocenters. The van der Waals surface area contributed by atoms with Gasteiger partial charge in [-0.2, -0.15) is 0 Å². The Morgan fingerprint density at radius 3 is 0.733 bits per heavy atom. The predicted octanol–water partition coefficient (Wildman–Crippen LogP) is 5.50. The Balaban J connectivity index is 0.000000484. The second kappa shape index (κ2) is 86.0. The standard InChI is InChI=1S/C6H14N2.C6H13NO.C6H13NS.C5H12N2.C5H11NO.C5H11NS.C5H11N.C5H10O.C4H9NS.C4H9N.C3H7NO.C3H7NS.C2H6N2.C2H5NO.C2H5NS/c3*1-2-4-7-6-8-5-3-1;3*1-2-4-7-5-6-3-1;2*1-2-4-6-5-3-1;1-2-5-4-6-3-1;1-2-4-5-3-1;2*1-2-5-3-4-1;3*1-3-2-4-1/h7-8H,1-6H2;2*7H,1-6H2;6-7H,1-5H2;2*6H,1-5H2;6H,1-5H2;1-5H2;5H,1-4H2;5H,1-4H2;2*4H,1-3H2;3-4H,1-2H2;2*3H,1-2H2. The molecular formula is C63H143N17O5S5. The van der Waals surface area contributed by atoms with Crippen LogP contribution < -0.4 is 90.4 Å². The van der Waals surface area contributed by atoms with Crippen molar-refractivity contribution in [1.29, 1.82) is 0 Å². The molecule has 540 valence electrons. The molecule has 0 bridgehead atoms. The molecule has 27 heteroatoms. The molecule has 0 spiro atoms. The van der Waals surface area contributed by atoms with E-state index in [1.165, 1.54) is 291 Å². The van der Waals surface area contributed by atoms with E-state index in [1.807, 2.05) is 58.8 Å². The number of hydrogen-bond acceptors (Lipinski definition) is 27. The van der Waals surface area contributed by atoms with Crippen LogP contribution in [0, 0.1) is 0 Å². The smallest absolute Gasteiger partial charge is 0.100 e. The van der Waals surface area contributed by atoms with Gasteiger partial charge in [0.15, 0.2) is 0 Å². The first kappa shape index (κ1) is 88.9. The van der Waals surface area contributed by atoms with Crippen LogP contribution in [0.1, 0.15) is 154 Å². The number of thioether (sulfide) groups is 5. The van der Waals surface area contributed by atoms with E-state index >= 15 is 0 Å². The van der Waals surface area contributed by atoms with Crippen LogP contribution >= 0.6 is 58.8 Å². The summed E-state index contributed by atoms with van der Waals surface area (Å²) in [5, 5.41) is 53.9. The van der Waals surface area contributed by atoms with Crippen molar-refractivity contribution >= 4 is 58.8 Å². The van der Waals surface area contributed by atoms with E-state index in [1.54, 1.807) is 0 Å². The molecule has 15 aliphatic rings. The van der Waals surface area contributed by atoms with Crippen LogP contribution in [0.5, 0.6) is 0 Å². The largest absolute Gasteiger partial charge is 0.381 e. The zero-order valence-electron chi connectivity index (χ0n) is 57.1. The van der Waals surface area contributed by atoms with Gasteiger partial charge in [0.1, 0.15) is 13.5 Å². The number of hydrogen-bond donors (Lipinski definition) is 17. The number of ether oxygens (including phenoxy) is 5. The molecule has 22 nitrogen and oxygen atoms in total. The Kier molecular flexibility index (Phi) is 84.9. The van der Waals surface area contributed by atoms with E-state index in [9.17, 15) is 0 Å². The zero-order chi connectivity index (χ0) is 63.6. The third-order valence-corrected chi connectivity index (χ3v) is 18.9. The highest BCUT2D eigenvalue weighted by Gasteiger charge is 2.01. The maximum absolute atomic E-state index is 5.16. The Bertz CT molecular complexity index is 905. The van der Waals surface area contributed by atoms with Crippen LogP contribution in [0.25, 0.3) is 0 Å². The second-order valence-corrected chi connectivity index (χ2v) is 28.1. The SMILES string of the molecule is C1CCNC1.C1CCNCC1.C1CCNCNC1.C1CCNCNCC1.C1CCNCOCC1.C1CCNCSCC1.C1CCOCC1.C1CCOCNC1.C1CCSCNC1.C1CNCSC1.C1COCN1.C1CSCN1.C1NCN1.C1NCO1.C1NCS1. The lowest BCUT2D eigenvalue weighted by Gasteiger charge is -2.13. The van der Waals surface area contributed by atoms with Gasteiger partial charge in [-0.1, -0.05) is 19.3 Å². The maximum atomic E-state index is 5.16. The summed E-state index contributed by atoms with van der Waals surface area (Å²) in [6.45, 7) is 30.4. The molecule has 90 heavy (non-hydrogen) atoms. The molecule has 15 fully saturated rings. The van der Waals surface area contributed by atoms with E-state index in [0.717, 1.165) is 113 Å². The minimum atomic E-state index is 0.750. The van der Waals surface area contributed by atoms with Gasteiger partial charge in [-0.25, -0.2) is 0 Å². The van der Waals surface area contributed by atoms with Gasteiger partial charge in [0.25, 0.3) is 0 Å². The number of piperidine rings is 1. The zero-order valence-corrected chi connectivity index (χ0v) is 61.2. The minimum Gasteiger partial charge on any atom is -0.381 e. The topological polar surface area (TPSA) is 251 Å². The van der Waals surface area contributed by atoms with Crippen LogP contribution in [0.3, 0.4) is 0 Å². The maximum Gasteiger partial charge on any atom is 0.100 e. The molecule has 0 aliphatic carbocycles. The number of rotatable bonds is 0. The Hall–Kier alpha value is 0.870. The van der Waals surface area contributed by atoms with Crippen LogP contribution in [-0.4, -0.2) is 250 Å². The van der Waals surface area contributed by atoms with Gasteiger partial charge in [-0.05, 0) is 237 Å². The fourth-order valence-corrected chi connectivity index (χ4v) is 11.8. The summed E-state index contributed by atoms with van der Waals surface area (Å²) >= 11 is 9.90. The summed E-state index contributed by atoms with van der Waals surface area (Å²) in [5.74, 6) is 12.4. The molecule has 17 N–H and O–H groups in total. The van der Waals surface area contributed by atoms with Gasteiger partial charge >= 0.3 is 0 Å². The van der Waals surface area contributed by atoms with Crippen molar-refractivity contribution in [2.75, 3.05) is 250 Å². The van der Waals surface area contributed by atoms with Crippen molar-refractivity contribution in [1.82, 2.24) is 90.4 Å². The van der Waals surface area contributed by atoms with Gasteiger partial charge in [0.2, 0.25) is 0 Å². The molecule has 0 amide bonds. The molecule has 15 heterocycles. The molecule has 0 aromatic heterocycles. The summed E-state index contributed by atoms with van der Waals surface area (Å²) in [6.07, 6.45) is 32.3. The normalized spacial score (nSPS) is 24.0. The third kappa shape index (κ3) is 83.1. The highest BCUT2D eigenvalue weighted by Crippen LogP contribution is 2.08. The summed E-state index contributed by atoms with van der Waals surface area (Å²) < 4.78 is 24.8. The monoisotopic (exact) mass is 1380 g/mol. The van der Waals surface area contributed by atoms with Crippen molar-refractivity contribution in [3.8, 4) is 0 Å². The molecule has 15 aliphatic heterocycles. The average Bonchev–Trinajstić information content (AvgIpc) is 4.31. The van der Waals surface area contributed by atoms with Crippen LogP contribution in [0.4, 0.5) is 0 Å². The first-order valence-electron chi connectivity index (χ1n) is 35.8. The Morgan fingerprint density at radius 1 is 0.156 bits per heavy atom. The lowest BCUT2D eigenvalue weighted by Crippen LogP contribution is -2.47. The first-order valence-corrected chi connectivity index (χ1v) is 41.6. The molecule has 15 saturated heterocycles. The van der Waals surface area contributed by atoms with Crippen molar-refractivity contribution in [2.45, 2.75) is 154 Å². The summed E-state index contributed by atoms with van der Waals surface area (Å²) in [7, 11) is 0. The average molecular weight is 1380 g/mol. The quantitative estimate of drug-likeness (QED) is 0.143. The van der Waals surface area contributed by atoms with Crippen LogP contribution in [-0.2, 0) is 23.7 Å². The van der Waals surface area contributed by atoms with Gasteiger partial charge in [-0.15, -0.1) is 58.8 Å². The number of nitrogens with one attached hydrogen (secondary N) is 17. The van der Waals surface area contributed by atoms with Crippen molar-refractivity contribution < 1.29 is 23.7 Å². The van der Waals surface area contributed by atoms with Gasteiger partial charge in [-0.3, -0.25) is 37.2 Å². The Labute approximate surface area is 573 Å². The molecule has 0 atom stereocenters. The lowest BCUT2D eigenvalue weighted by atomic mass is 10.2. The second-order valence-electron chi connectivity index (χ2n) is 22.7. The summed E-state index contributed by atoms with van der Waals surface area (Å²) in [4.78, 5) is 0.